The third-order valence-electron chi connectivity index (χ3n) is 4.68. The summed E-state index contributed by atoms with van der Waals surface area (Å²) in [6.45, 7) is 5.24. The number of benzene rings is 1. The molecule has 0 saturated carbocycles. The molecule has 8 nitrogen and oxygen atoms in total. The number of nitrogens with one attached hydrogen (secondary N) is 2. The predicted molar refractivity (Wildman–Crippen MR) is 111 cm³/mol. The monoisotopic (exact) mass is 435 g/mol. The van der Waals surface area contributed by atoms with Crippen LogP contribution < -0.4 is 10.6 Å². The van der Waals surface area contributed by atoms with E-state index < -0.39 is 6.04 Å². The van der Waals surface area contributed by atoms with E-state index >= 15 is 0 Å². The van der Waals surface area contributed by atoms with Gasteiger partial charge in [-0.2, -0.15) is 0 Å². The maximum absolute atomic E-state index is 13.3. The summed E-state index contributed by atoms with van der Waals surface area (Å²) < 4.78 is 21.0. The second-order valence-electron chi connectivity index (χ2n) is 7.03. The molecule has 2 unspecified atom stereocenters. The normalized spacial score (nSPS) is 17.0. The van der Waals surface area contributed by atoms with E-state index in [-0.39, 0.29) is 29.5 Å². The van der Waals surface area contributed by atoms with E-state index in [9.17, 15) is 14.0 Å². The molecule has 2 amide bonds. The van der Waals surface area contributed by atoms with Gasteiger partial charge in [-0.25, -0.2) is 4.39 Å². The van der Waals surface area contributed by atoms with Crippen molar-refractivity contribution >= 4 is 23.6 Å². The van der Waals surface area contributed by atoms with Crippen LogP contribution in [0.2, 0.25) is 0 Å². The minimum absolute atomic E-state index is 0.0473. The van der Waals surface area contributed by atoms with Crippen LogP contribution >= 0.6 is 11.8 Å². The van der Waals surface area contributed by atoms with Crippen LogP contribution in [0.25, 0.3) is 11.4 Å². The van der Waals surface area contributed by atoms with Crippen LogP contribution in [0, 0.1) is 5.82 Å². The van der Waals surface area contributed by atoms with Gasteiger partial charge in [0, 0.05) is 18.7 Å². The van der Waals surface area contributed by atoms with Gasteiger partial charge in [0.25, 0.3) is 0 Å². The van der Waals surface area contributed by atoms with Gasteiger partial charge >= 0.3 is 0 Å². The highest BCUT2D eigenvalue weighted by Gasteiger charge is 2.23. The van der Waals surface area contributed by atoms with Crippen molar-refractivity contribution in [2.24, 2.45) is 0 Å². The lowest BCUT2D eigenvalue weighted by molar-refractivity contribution is -0.127. The van der Waals surface area contributed by atoms with Gasteiger partial charge in [-0.3, -0.25) is 14.2 Å². The topological polar surface area (TPSA) is 98.1 Å². The summed E-state index contributed by atoms with van der Waals surface area (Å²) in [6, 6.07) is 5.45. The second kappa shape index (κ2) is 10.5. The number of amides is 2. The zero-order chi connectivity index (χ0) is 21.5. The molecule has 2 N–H and O–H groups in total. The number of likely N-dealkylation sites (N-methyl/N-ethyl adjacent to an activating group) is 1. The summed E-state index contributed by atoms with van der Waals surface area (Å²) in [7, 11) is 0. The summed E-state index contributed by atoms with van der Waals surface area (Å²) in [5.74, 6) is -0.123. The van der Waals surface area contributed by atoms with Gasteiger partial charge in [-0.05, 0) is 51.0 Å². The van der Waals surface area contributed by atoms with Gasteiger partial charge in [0.2, 0.25) is 11.8 Å². The zero-order valence-electron chi connectivity index (χ0n) is 17.1. The minimum Gasteiger partial charge on any atom is -0.376 e. The lowest BCUT2D eigenvalue weighted by atomic mass is 10.2. The fourth-order valence-corrected chi connectivity index (χ4v) is 3.93. The van der Waals surface area contributed by atoms with Crippen LogP contribution in [0.4, 0.5) is 4.39 Å². The first-order valence-corrected chi connectivity index (χ1v) is 11.0. The van der Waals surface area contributed by atoms with Crippen molar-refractivity contribution in [1.29, 1.82) is 0 Å². The van der Waals surface area contributed by atoms with Crippen molar-refractivity contribution in [3.05, 3.63) is 30.1 Å². The number of carbonyl (C=O) groups excluding carboxylic acids is 2. The maximum Gasteiger partial charge on any atom is 0.242 e. The number of ether oxygens (including phenoxy) is 1. The maximum atomic E-state index is 13.3. The Hall–Kier alpha value is -2.46. The van der Waals surface area contributed by atoms with Gasteiger partial charge in [0.1, 0.15) is 11.9 Å². The Kier molecular flexibility index (Phi) is 7.81. The van der Waals surface area contributed by atoms with Crippen LogP contribution in [0.1, 0.15) is 26.7 Å². The van der Waals surface area contributed by atoms with Crippen LogP contribution in [0.5, 0.6) is 0 Å². The standard InChI is InChI=1S/C20H26FN5O3S/c1-3-22-19(28)13(2)23-17(27)12-30-20-25-24-18(14-6-8-15(21)9-7-14)26(20)11-16-5-4-10-29-16/h6-9,13,16H,3-5,10-12H2,1-2H3,(H,22,28)(H,23,27). The minimum atomic E-state index is -0.613. The van der Waals surface area contributed by atoms with Crippen molar-refractivity contribution in [3.63, 3.8) is 0 Å². The highest BCUT2D eigenvalue weighted by Crippen LogP contribution is 2.26. The van der Waals surface area contributed by atoms with E-state index in [4.69, 9.17) is 4.74 Å². The molecular weight excluding hydrogens is 409 g/mol. The zero-order valence-corrected chi connectivity index (χ0v) is 17.9. The number of thioether (sulfide) groups is 1. The summed E-state index contributed by atoms with van der Waals surface area (Å²) >= 11 is 1.24. The Morgan fingerprint density at radius 3 is 2.77 bits per heavy atom. The molecule has 1 fully saturated rings. The van der Waals surface area contributed by atoms with E-state index in [1.54, 1.807) is 19.1 Å². The van der Waals surface area contributed by atoms with Crippen LogP contribution in [0.15, 0.2) is 29.4 Å². The number of halogens is 1. The van der Waals surface area contributed by atoms with Gasteiger partial charge < -0.3 is 15.4 Å². The molecule has 2 atom stereocenters. The van der Waals surface area contributed by atoms with E-state index in [1.807, 2.05) is 11.5 Å². The lowest BCUT2D eigenvalue weighted by Crippen LogP contribution is -2.45. The van der Waals surface area contributed by atoms with Crippen molar-refractivity contribution in [1.82, 2.24) is 25.4 Å². The van der Waals surface area contributed by atoms with Gasteiger partial charge in [0.15, 0.2) is 11.0 Å². The second-order valence-corrected chi connectivity index (χ2v) is 7.97. The molecular formula is C20H26FN5O3S. The van der Waals surface area contributed by atoms with Gasteiger partial charge in [-0.1, -0.05) is 11.8 Å². The Morgan fingerprint density at radius 2 is 2.10 bits per heavy atom. The highest BCUT2D eigenvalue weighted by atomic mass is 32.2. The third-order valence-corrected chi connectivity index (χ3v) is 5.65. The molecule has 30 heavy (non-hydrogen) atoms. The molecule has 2 aromatic rings. The Labute approximate surface area is 179 Å². The predicted octanol–water partition coefficient (Wildman–Crippen LogP) is 2.00. The number of nitrogens with zero attached hydrogens (tertiary/aromatic N) is 3. The summed E-state index contributed by atoms with van der Waals surface area (Å²) in [6.07, 6.45) is 1.99. The molecule has 162 valence electrons. The molecule has 0 bridgehead atoms. The largest absolute Gasteiger partial charge is 0.376 e. The Balaban J connectivity index is 1.71. The molecule has 0 radical (unpaired) electrons. The molecule has 3 rings (SSSR count). The highest BCUT2D eigenvalue weighted by molar-refractivity contribution is 7.99. The number of rotatable bonds is 9. The Bertz CT molecular complexity index is 868. The van der Waals surface area contributed by atoms with E-state index in [0.29, 0.717) is 24.1 Å². The first kappa shape index (κ1) is 22.2. The molecule has 1 aliphatic heterocycles. The van der Waals surface area contributed by atoms with Gasteiger partial charge in [-0.15, -0.1) is 10.2 Å². The first-order valence-electron chi connectivity index (χ1n) is 9.98. The van der Waals surface area contributed by atoms with E-state index in [1.165, 1.54) is 23.9 Å². The molecule has 0 aliphatic carbocycles. The molecule has 10 heteroatoms. The summed E-state index contributed by atoms with van der Waals surface area (Å²) in [4.78, 5) is 24.1. The fourth-order valence-electron chi connectivity index (χ4n) is 3.17. The van der Waals surface area contributed by atoms with Crippen LogP contribution in [0.3, 0.4) is 0 Å². The number of hydrogen-bond acceptors (Lipinski definition) is 6. The smallest absolute Gasteiger partial charge is 0.242 e. The number of aromatic nitrogens is 3. The Morgan fingerprint density at radius 1 is 1.33 bits per heavy atom. The lowest BCUT2D eigenvalue weighted by Gasteiger charge is -2.15. The molecule has 1 saturated heterocycles. The number of carbonyl (C=O) groups is 2. The fraction of sp³-hybridized carbons (Fsp3) is 0.500. The molecule has 0 spiro atoms. The molecule has 1 aromatic carbocycles. The van der Waals surface area contributed by atoms with Crippen molar-refractivity contribution in [2.45, 2.75) is 50.5 Å². The van der Waals surface area contributed by atoms with E-state index in [2.05, 4.69) is 20.8 Å². The van der Waals surface area contributed by atoms with Crippen LogP contribution in [-0.4, -0.2) is 57.6 Å². The number of hydrogen-bond donors (Lipinski definition) is 2. The van der Waals surface area contributed by atoms with E-state index in [0.717, 1.165) is 25.0 Å². The first-order chi connectivity index (χ1) is 14.5. The molecule has 1 aromatic heterocycles. The average molecular weight is 436 g/mol. The quantitative estimate of drug-likeness (QED) is 0.585. The average Bonchev–Trinajstić information content (AvgIpc) is 3.38. The third kappa shape index (κ3) is 5.79. The molecule has 2 heterocycles. The summed E-state index contributed by atoms with van der Waals surface area (Å²) in [5.41, 5.74) is 0.739. The van der Waals surface area contributed by atoms with Crippen molar-refractivity contribution in [2.75, 3.05) is 18.9 Å². The van der Waals surface area contributed by atoms with Gasteiger partial charge in [0.05, 0.1) is 18.4 Å². The summed E-state index contributed by atoms with van der Waals surface area (Å²) in [5, 5.41) is 14.4. The van der Waals surface area contributed by atoms with Crippen molar-refractivity contribution < 1.29 is 18.7 Å². The van der Waals surface area contributed by atoms with Crippen LogP contribution in [-0.2, 0) is 20.9 Å². The van der Waals surface area contributed by atoms with Crippen molar-refractivity contribution in [3.8, 4) is 11.4 Å². The molecule has 1 aliphatic rings. The SMILES string of the molecule is CCNC(=O)C(C)NC(=O)CSc1nnc(-c2ccc(F)cc2)n1CC1CCCO1.